The molecule has 0 radical (unpaired) electrons. The maximum absolute atomic E-state index is 9.19. The molecule has 0 aromatic carbocycles. The second-order valence-electron chi connectivity index (χ2n) is 2.02. The lowest BCUT2D eigenvalue weighted by molar-refractivity contribution is 0.490. The van der Waals surface area contributed by atoms with Crippen molar-refractivity contribution < 1.29 is 13.0 Å². The molecular weight excluding hydrogens is 180 g/mol. The van der Waals surface area contributed by atoms with Gasteiger partial charge in [0.1, 0.15) is 0 Å². The molecule has 0 saturated carbocycles. The molecule has 0 atom stereocenters. The van der Waals surface area contributed by atoms with Crippen molar-refractivity contribution in [1.82, 2.24) is 4.98 Å². The summed E-state index contributed by atoms with van der Waals surface area (Å²) < 4.78 is 25.9. The predicted octanol–water partition coefficient (Wildman–Crippen LogP) is 0.168. The van der Waals surface area contributed by atoms with Gasteiger partial charge in [-0.1, -0.05) is 0 Å². The molecule has 68 valence electrons. The first kappa shape index (κ1) is 10.9. The van der Waals surface area contributed by atoms with Crippen molar-refractivity contribution in [3.63, 3.8) is 0 Å². The Kier molecular flexibility index (Phi) is 4.24. The largest absolute Gasteiger partial charge is 0.397 e. The van der Waals surface area contributed by atoms with E-state index < -0.39 is 10.1 Å². The second-order valence-corrected chi connectivity index (χ2v) is 3.49. The van der Waals surface area contributed by atoms with Crippen molar-refractivity contribution in [1.29, 1.82) is 0 Å². The van der Waals surface area contributed by atoms with Gasteiger partial charge in [-0.05, 0) is 12.1 Å². The highest BCUT2D eigenvalue weighted by Gasteiger charge is 1.81. The number of nitrogens with two attached hydrogens (primary N) is 1. The Labute approximate surface area is 71.0 Å². The molecule has 5 nitrogen and oxygen atoms in total. The Hall–Kier alpha value is -1.14. The van der Waals surface area contributed by atoms with Crippen molar-refractivity contribution in [2.24, 2.45) is 0 Å². The molecule has 3 N–H and O–H groups in total. The topological polar surface area (TPSA) is 93.3 Å². The highest BCUT2D eigenvalue weighted by atomic mass is 32.2. The summed E-state index contributed by atoms with van der Waals surface area (Å²) in [4.78, 5) is 3.76. The van der Waals surface area contributed by atoms with Gasteiger partial charge in [0.15, 0.2) is 0 Å². The van der Waals surface area contributed by atoms with E-state index in [2.05, 4.69) is 4.98 Å². The lowest BCUT2D eigenvalue weighted by atomic mass is 10.4. The molecule has 1 heterocycles. The van der Waals surface area contributed by atoms with E-state index in [1.807, 2.05) is 0 Å². The van der Waals surface area contributed by atoms with Crippen molar-refractivity contribution >= 4 is 15.8 Å². The van der Waals surface area contributed by atoms with Crippen LogP contribution in [0.4, 0.5) is 5.69 Å². The summed E-state index contributed by atoms with van der Waals surface area (Å²) in [5.41, 5.74) is 6.01. The van der Waals surface area contributed by atoms with Crippen molar-refractivity contribution in [2.45, 2.75) is 0 Å². The lowest BCUT2D eigenvalue weighted by Crippen LogP contribution is -1.88. The average Bonchev–Trinajstić information content (AvgIpc) is 1.85. The van der Waals surface area contributed by atoms with E-state index >= 15 is 0 Å². The van der Waals surface area contributed by atoms with Crippen LogP contribution in [0.5, 0.6) is 0 Å². The molecule has 0 aliphatic heterocycles. The number of nitrogen functional groups attached to an aromatic ring is 1. The van der Waals surface area contributed by atoms with Crippen molar-refractivity contribution in [3.8, 4) is 0 Å². The first-order valence-corrected chi connectivity index (χ1v) is 4.82. The summed E-state index contributed by atoms with van der Waals surface area (Å²) in [5.74, 6) is 0. The minimum atomic E-state index is -3.67. The first-order valence-electron chi connectivity index (χ1n) is 2.97. The van der Waals surface area contributed by atoms with E-state index in [0.29, 0.717) is 11.9 Å². The molecule has 0 unspecified atom stereocenters. The van der Waals surface area contributed by atoms with Gasteiger partial charge in [-0.25, -0.2) is 0 Å². The maximum atomic E-state index is 9.19. The summed E-state index contributed by atoms with van der Waals surface area (Å²) in [5, 5.41) is 0. The molecular formula is C6H10N2O3S. The number of rotatable bonds is 0. The summed E-state index contributed by atoms with van der Waals surface area (Å²) in [6, 6.07) is 3.60. The molecule has 1 aromatic rings. The SMILES string of the molecule is CS(=O)(=O)O.Nc1cccnc1. The van der Waals surface area contributed by atoms with Gasteiger partial charge in [-0.2, -0.15) is 8.42 Å². The Balaban J connectivity index is 0.000000217. The van der Waals surface area contributed by atoms with Crippen LogP contribution in [0.2, 0.25) is 0 Å². The normalized spacial score (nSPS) is 9.83. The molecule has 0 amide bonds. The van der Waals surface area contributed by atoms with E-state index in [1.165, 1.54) is 0 Å². The summed E-state index contributed by atoms with van der Waals surface area (Å²) >= 11 is 0. The van der Waals surface area contributed by atoms with Crippen LogP contribution >= 0.6 is 0 Å². The van der Waals surface area contributed by atoms with E-state index in [1.54, 1.807) is 24.5 Å². The maximum Gasteiger partial charge on any atom is 0.261 e. The smallest absolute Gasteiger partial charge is 0.261 e. The fraction of sp³-hybridized carbons (Fsp3) is 0.167. The standard InChI is InChI=1S/C5H6N2.CH4O3S/c6-5-2-1-3-7-4-5;1-5(2,3)4/h1-4H,6H2;1H3,(H,2,3,4). The van der Waals surface area contributed by atoms with Crippen LogP contribution in [0.25, 0.3) is 0 Å². The fourth-order valence-corrected chi connectivity index (χ4v) is 0.376. The van der Waals surface area contributed by atoms with Crippen molar-refractivity contribution in [3.05, 3.63) is 24.5 Å². The van der Waals surface area contributed by atoms with Gasteiger partial charge < -0.3 is 5.73 Å². The van der Waals surface area contributed by atoms with Gasteiger partial charge >= 0.3 is 0 Å². The minimum Gasteiger partial charge on any atom is -0.397 e. The molecule has 0 fully saturated rings. The third-order valence-corrected chi connectivity index (χ3v) is 0.684. The van der Waals surface area contributed by atoms with E-state index in [4.69, 9.17) is 10.3 Å². The van der Waals surface area contributed by atoms with Gasteiger partial charge in [-0.15, -0.1) is 0 Å². The molecule has 12 heavy (non-hydrogen) atoms. The first-order chi connectivity index (χ1) is 5.39. The van der Waals surface area contributed by atoms with Gasteiger partial charge in [0.25, 0.3) is 10.1 Å². The molecule has 1 rings (SSSR count). The van der Waals surface area contributed by atoms with E-state index in [-0.39, 0.29) is 0 Å². The number of hydrogen-bond donors (Lipinski definition) is 2. The Bertz CT molecular complexity index is 301. The average molecular weight is 190 g/mol. The fourth-order valence-electron chi connectivity index (χ4n) is 0.376. The quantitative estimate of drug-likeness (QED) is 0.569. The minimum absolute atomic E-state index is 0.711. The van der Waals surface area contributed by atoms with Crippen molar-refractivity contribution in [2.75, 3.05) is 12.0 Å². The van der Waals surface area contributed by atoms with E-state index in [9.17, 15) is 8.42 Å². The van der Waals surface area contributed by atoms with E-state index in [0.717, 1.165) is 0 Å². The van der Waals surface area contributed by atoms with Gasteiger partial charge in [0.05, 0.1) is 11.9 Å². The number of pyridine rings is 1. The second kappa shape index (κ2) is 4.68. The van der Waals surface area contributed by atoms with Crippen LogP contribution < -0.4 is 5.73 Å². The number of anilines is 1. The Morgan fingerprint density at radius 3 is 2.25 bits per heavy atom. The molecule has 1 aromatic heterocycles. The zero-order chi connectivity index (χ0) is 9.61. The molecule has 6 heteroatoms. The third kappa shape index (κ3) is 11.6. The summed E-state index contributed by atoms with van der Waals surface area (Å²) in [6.07, 6.45) is 4.02. The third-order valence-electron chi connectivity index (χ3n) is 0.684. The van der Waals surface area contributed by atoms with Crippen LogP contribution in [0.15, 0.2) is 24.5 Å². The van der Waals surface area contributed by atoms with Crippen LogP contribution in [-0.2, 0) is 10.1 Å². The number of aromatic nitrogens is 1. The molecule has 0 aliphatic rings. The molecule has 0 saturated heterocycles. The van der Waals surface area contributed by atoms with Crippen LogP contribution in [0, 0.1) is 0 Å². The predicted molar refractivity (Wildman–Crippen MR) is 46.1 cm³/mol. The number of nitrogens with zero attached hydrogens (tertiary/aromatic N) is 1. The zero-order valence-corrected chi connectivity index (χ0v) is 7.32. The zero-order valence-electron chi connectivity index (χ0n) is 6.51. The molecule has 0 aliphatic carbocycles. The van der Waals surface area contributed by atoms with Gasteiger partial charge in [-0.3, -0.25) is 9.54 Å². The monoisotopic (exact) mass is 190 g/mol. The molecule has 0 bridgehead atoms. The van der Waals surface area contributed by atoms with Crippen LogP contribution in [0.1, 0.15) is 0 Å². The van der Waals surface area contributed by atoms with Crippen LogP contribution in [-0.4, -0.2) is 24.2 Å². The van der Waals surface area contributed by atoms with Gasteiger partial charge in [0, 0.05) is 12.4 Å². The van der Waals surface area contributed by atoms with Crippen LogP contribution in [0.3, 0.4) is 0 Å². The van der Waals surface area contributed by atoms with Gasteiger partial charge in [0.2, 0.25) is 0 Å². The molecule has 0 spiro atoms. The Morgan fingerprint density at radius 2 is 2.08 bits per heavy atom. The summed E-state index contributed by atoms with van der Waals surface area (Å²) in [6.45, 7) is 0. The highest BCUT2D eigenvalue weighted by molar-refractivity contribution is 7.85. The summed E-state index contributed by atoms with van der Waals surface area (Å²) in [7, 11) is -3.67. The Morgan fingerprint density at radius 1 is 1.58 bits per heavy atom. The highest BCUT2D eigenvalue weighted by Crippen LogP contribution is 1.92. The lowest BCUT2D eigenvalue weighted by Gasteiger charge is -1.83. The number of hydrogen-bond acceptors (Lipinski definition) is 4.